The molecule has 11 nitrogen and oxygen atoms in total. The number of esters is 1. The lowest BCUT2D eigenvalue weighted by Gasteiger charge is -2.32. The predicted molar refractivity (Wildman–Crippen MR) is 169 cm³/mol. The van der Waals surface area contributed by atoms with Crippen LogP contribution in [-0.2, 0) is 30.5 Å². The highest BCUT2D eigenvalue weighted by molar-refractivity contribution is 5.91. The summed E-state index contributed by atoms with van der Waals surface area (Å²) in [4.78, 5) is 52.6. The molecule has 0 spiro atoms. The Morgan fingerprint density at radius 1 is 0.955 bits per heavy atom. The van der Waals surface area contributed by atoms with E-state index in [-0.39, 0.29) is 30.3 Å². The molecule has 1 saturated heterocycles. The van der Waals surface area contributed by atoms with E-state index in [1.54, 1.807) is 4.90 Å². The van der Waals surface area contributed by atoms with Crippen molar-refractivity contribution in [2.45, 2.75) is 78.5 Å². The quantitative estimate of drug-likeness (QED) is 0.164. The molecule has 44 heavy (non-hydrogen) atoms. The standard InChI is InChI=1S/C33H54N4O7/c1-23(2)21-28(31(39)35-29(24(3)4)32(40)42-8)34-30(38)26-15-17-36(18-16-26)33(41)44-22-25-11-13-27(14-12-25)43-20-10-9-19-37(5,6)7/h11-14,23-24,26,28-29H,9-10,15-22H2,1-8H3,(H-,34,35,38,39)/p+1. The molecule has 1 aliphatic rings. The van der Waals surface area contributed by atoms with E-state index in [9.17, 15) is 19.2 Å². The lowest BCUT2D eigenvalue weighted by atomic mass is 9.94. The highest BCUT2D eigenvalue weighted by atomic mass is 16.6. The smallest absolute Gasteiger partial charge is 0.410 e. The maximum absolute atomic E-state index is 13.1. The van der Waals surface area contributed by atoms with Gasteiger partial charge < -0.3 is 34.2 Å². The van der Waals surface area contributed by atoms with E-state index < -0.39 is 30.1 Å². The lowest BCUT2D eigenvalue weighted by Crippen LogP contribution is -2.55. The van der Waals surface area contributed by atoms with Gasteiger partial charge in [0.1, 0.15) is 24.4 Å². The number of nitrogens with zero attached hydrogens (tertiary/aromatic N) is 2. The van der Waals surface area contributed by atoms with Gasteiger partial charge in [-0.15, -0.1) is 0 Å². The van der Waals surface area contributed by atoms with Gasteiger partial charge in [0.25, 0.3) is 0 Å². The van der Waals surface area contributed by atoms with Gasteiger partial charge in [0.15, 0.2) is 0 Å². The third-order valence-corrected chi connectivity index (χ3v) is 7.66. The second kappa shape index (κ2) is 17.8. The summed E-state index contributed by atoms with van der Waals surface area (Å²) in [6.45, 7) is 10.3. The van der Waals surface area contributed by atoms with Crippen LogP contribution in [0.5, 0.6) is 5.75 Å². The van der Waals surface area contributed by atoms with Crippen molar-refractivity contribution in [3.8, 4) is 5.75 Å². The minimum Gasteiger partial charge on any atom is -0.494 e. The minimum absolute atomic E-state index is 0.143. The Hall–Kier alpha value is -3.34. The van der Waals surface area contributed by atoms with Crippen molar-refractivity contribution in [3.05, 3.63) is 29.8 Å². The zero-order chi connectivity index (χ0) is 32.9. The van der Waals surface area contributed by atoms with Gasteiger partial charge >= 0.3 is 12.1 Å². The monoisotopic (exact) mass is 619 g/mol. The molecule has 248 valence electrons. The van der Waals surface area contributed by atoms with Crippen LogP contribution in [0.4, 0.5) is 4.79 Å². The number of carbonyl (C=O) groups excluding carboxylic acids is 4. The molecule has 1 heterocycles. The van der Waals surface area contributed by atoms with Gasteiger partial charge in [-0.2, -0.15) is 0 Å². The molecule has 11 heteroatoms. The summed E-state index contributed by atoms with van der Waals surface area (Å²) < 4.78 is 17.1. The van der Waals surface area contributed by atoms with Gasteiger partial charge in [-0.1, -0.05) is 39.8 Å². The highest BCUT2D eigenvalue weighted by Gasteiger charge is 2.33. The van der Waals surface area contributed by atoms with Crippen LogP contribution < -0.4 is 15.4 Å². The van der Waals surface area contributed by atoms with Crippen LogP contribution in [0.15, 0.2) is 24.3 Å². The molecule has 1 aliphatic heterocycles. The van der Waals surface area contributed by atoms with Crippen molar-refractivity contribution in [1.29, 1.82) is 0 Å². The molecule has 3 amide bonds. The number of hydrogen-bond acceptors (Lipinski definition) is 7. The fraction of sp³-hybridized carbons (Fsp3) is 0.697. The number of rotatable bonds is 16. The average molecular weight is 620 g/mol. The Bertz CT molecular complexity index is 1060. The third-order valence-electron chi connectivity index (χ3n) is 7.66. The summed E-state index contributed by atoms with van der Waals surface area (Å²) in [5, 5.41) is 5.64. The number of amides is 3. The van der Waals surface area contributed by atoms with Gasteiger partial charge in [-0.25, -0.2) is 9.59 Å². The Kier molecular flexibility index (Phi) is 14.9. The van der Waals surface area contributed by atoms with E-state index in [0.717, 1.165) is 35.2 Å². The SMILES string of the molecule is COC(=O)C(NC(=O)C(CC(C)C)NC(=O)C1CCN(C(=O)OCc2ccc(OCCCC[N+](C)(C)C)cc2)CC1)C(C)C. The van der Waals surface area contributed by atoms with E-state index in [2.05, 4.69) is 31.8 Å². The van der Waals surface area contributed by atoms with Crippen molar-refractivity contribution in [2.75, 3.05) is 54.5 Å². The molecule has 0 saturated carbocycles. The minimum atomic E-state index is -0.799. The zero-order valence-corrected chi connectivity index (χ0v) is 28.0. The van der Waals surface area contributed by atoms with Gasteiger partial charge in [0.2, 0.25) is 11.8 Å². The summed E-state index contributed by atoms with van der Waals surface area (Å²) in [6.07, 6.45) is 3.05. The number of nitrogens with one attached hydrogen (secondary N) is 2. The van der Waals surface area contributed by atoms with Crippen molar-refractivity contribution < 1.29 is 37.9 Å². The van der Waals surface area contributed by atoms with Crippen LogP contribution in [0.25, 0.3) is 0 Å². The number of carbonyl (C=O) groups is 4. The van der Waals surface area contributed by atoms with Crippen LogP contribution in [0.1, 0.15) is 65.4 Å². The summed E-state index contributed by atoms with van der Waals surface area (Å²) in [5.74, 6) is -0.724. The third kappa shape index (κ3) is 13.1. The van der Waals surface area contributed by atoms with E-state index in [1.165, 1.54) is 7.11 Å². The summed E-state index contributed by atoms with van der Waals surface area (Å²) in [5.41, 5.74) is 0.867. The number of likely N-dealkylation sites (tertiary alicyclic amines) is 1. The first-order valence-electron chi connectivity index (χ1n) is 15.8. The van der Waals surface area contributed by atoms with Crippen LogP contribution in [0, 0.1) is 17.8 Å². The van der Waals surface area contributed by atoms with E-state index in [1.807, 2.05) is 52.0 Å². The largest absolute Gasteiger partial charge is 0.494 e. The predicted octanol–water partition coefficient (Wildman–Crippen LogP) is 3.75. The Morgan fingerprint density at radius 2 is 1.59 bits per heavy atom. The molecule has 1 aromatic carbocycles. The summed E-state index contributed by atoms with van der Waals surface area (Å²) >= 11 is 0. The van der Waals surface area contributed by atoms with Gasteiger partial charge in [0, 0.05) is 19.0 Å². The number of hydrogen-bond donors (Lipinski definition) is 2. The topological polar surface area (TPSA) is 123 Å². The van der Waals surface area contributed by atoms with E-state index >= 15 is 0 Å². The molecule has 0 bridgehead atoms. The van der Waals surface area contributed by atoms with E-state index in [4.69, 9.17) is 14.2 Å². The number of quaternary nitrogens is 1. The van der Waals surface area contributed by atoms with Crippen molar-refractivity contribution in [1.82, 2.24) is 15.5 Å². The number of benzene rings is 1. The van der Waals surface area contributed by atoms with Crippen LogP contribution in [0.3, 0.4) is 0 Å². The van der Waals surface area contributed by atoms with Crippen molar-refractivity contribution in [2.24, 2.45) is 17.8 Å². The molecule has 0 aromatic heterocycles. The fourth-order valence-corrected chi connectivity index (χ4v) is 4.99. The molecular weight excluding hydrogens is 564 g/mol. The maximum Gasteiger partial charge on any atom is 0.410 e. The summed E-state index contributed by atoms with van der Waals surface area (Å²) in [7, 11) is 7.82. The van der Waals surface area contributed by atoms with Gasteiger partial charge in [-0.3, -0.25) is 9.59 Å². The molecule has 0 aliphatic carbocycles. The van der Waals surface area contributed by atoms with Crippen LogP contribution in [-0.4, -0.2) is 99.8 Å². The van der Waals surface area contributed by atoms with Crippen LogP contribution in [0.2, 0.25) is 0 Å². The summed E-state index contributed by atoms with van der Waals surface area (Å²) in [6, 6.07) is 5.98. The Balaban J connectivity index is 1.79. The molecule has 2 atom stereocenters. The molecule has 2 N–H and O–H groups in total. The molecule has 0 radical (unpaired) electrons. The van der Waals surface area contributed by atoms with Gasteiger partial charge in [0.05, 0.1) is 41.4 Å². The second-order valence-corrected chi connectivity index (χ2v) is 13.5. The molecular formula is C33H55N4O7+. The van der Waals surface area contributed by atoms with Crippen molar-refractivity contribution >= 4 is 23.9 Å². The molecule has 2 unspecified atom stereocenters. The average Bonchev–Trinajstić information content (AvgIpc) is 2.97. The zero-order valence-electron chi connectivity index (χ0n) is 28.0. The normalized spacial score (nSPS) is 15.5. The first-order chi connectivity index (χ1) is 20.7. The van der Waals surface area contributed by atoms with Gasteiger partial charge in [-0.05, 0) is 61.6 Å². The lowest BCUT2D eigenvalue weighted by molar-refractivity contribution is -0.870. The molecule has 1 fully saturated rings. The number of ether oxygens (including phenoxy) is 3. The Morgan fingerprint density at radius 3 is 2.14 bits per heavy atom. The molecule has 1 aromatic rings. The van der Waals surface area contributed by atoms with E-state index in [0.29, 0.717) is 39.0 Å². The van der Waals surface area contributed by atoms with Crippen LogP contribution >= 0.6 is 0 Å². The fourth-order valence-electron chi connectivity index (χ4n) is 4.99. The molecule has 2 rings (SSSR count). The highest BCUT2D eigenvalue weighted by Crippen LogP contribution is 2.20. The first-order valence-corrected chi connectivity index (χ1v) is 15.8. The first kappa shape index (κ1) is 36.8. The number of unbranched alkanes of at least 4 members (excludes halogenated alkanes) is 1. The second-order valence-electron chi connectivity index (χ2n) is 13.5. The maximum atomic E-state index is 13.1. The Labute approximate surface area is 263 Å². The van der Waals surface area contributed by atoms with Crippen molar-refractivity contribution in [3.63, 3.8) is 0 Å². The number of methoxy groups -OCH3 is 1. The number of piperidine rings is 1.